The van der Waals surface area contributed by atoms with Gasteiger partial charge >= 0.3 is 0 Å². The van der Waals surface area contributed by atoms with Crippen molar-refractivity contribution >= 4 is 0 Å². The quantitative estimate of drug-likeness (QED) is 0.192. The van der Waals surface area contributed by atoms with Crippen molar-refractivity contribution in [3.05, 3.63) is 130 Å². The first kappa shape index (κ1) is 33.3. The Labute approximate surface area is 247 Å². The predicted octanol–water partition coefficient (Wildman–Crippen LogP) is 12.5. The van der Waals surface area contributed by atoms with Crippen molar-refractivity contribution in [1.29, 1.82) is 0 Å². The fourth-order valence-electron chi connectivity index (χ4n) is 5.80. The van der Waals surface area contributed by atoms with Gasteiger partial charge in [-0.1, -0.05) is 152 Å². The number of hydrogen-bond acceptors (Lipinski definition) is 0. The van der Waals surface area contributed by atoms with Crippen LogP contribution in [0.15, 0.2) is 130 Å². The van der Waals surface area contributed by atoms with E-state index in [1.54, 1.807) is 5.57 Å². The lowest BCUT2D eigenvalue weighted by atomic mass is 9.68. The summed E-state index contributed by atoms with van der Waals surface area (Å²) in [5.41, 5.74) is 10.2. The van der Waals surface area contributed by atoms with Gasteiger partial charge in [-0.2, -0.15) is 0 Å². The zero-order valence-electron chi connectivity index (χ0n) is 27.3. The second-order valence-electron chi connectivity index (χ2n) is 13.3. The Kier molecular flexibility index (Phi) is 13.2. The van der Waals surface area contributed by atoms with Gasteiger partial charge in [0.25, 0.3) is 0 Å². The third-order valence-electron chi connectivity index (χ3n) is 8.46. The molecule has 216 valence electrons. The van der Waals surface area contributed by atoms with Crippen LogP contribution in [0.5, 0.6) is 0 Å². The lowest BCUT2D eigenvalue weighted by Gasteiger charge is -2.36. The normalized spacial score (nSPS) is 23.6. The third-order valence-corrected chi connectivity index (χ3v) is 8.46. The molecule has 0 aromatic rings. The van der Waals surface area contributed by atoms with Crippen molar-refractivity contribution in [3.63, 3.8) is 0 Å². The molecule has 0 saturated carbocycles. The minimum Gasteiger partial charge on any atom is -0.0850 e. The highest BCUT2D eigenvalue weighted by Crippen LogP contribution is 2.42. The molecule has 0 fully saturated rings. The predicted molar refractivity (Wildman–Crippen MR) is 181 cm³/mol. The molecule has 40 heavy (non-hydrogen) atoms. The molecule has 2 aliphatic carbocycles. The van der Waals surface area contributed by atoms with E-state index in [2.05, 4.69) is 160 Å². The van der Waals surface area contributed by atoms with E-state index >= 15 is 0 Å². The first-order valence-electron chi connectivity index (χ1n) is 15.3. The largest absolute Gasteiger partial charge is 0.0850 e. The van der Waals surface area contributed by atoms with Crippen molar-refractivity contribution in [3.8, 4) is 0 Å². The fourth-order valence-corrected chi connectivity index (χ4v) is 5.80. The van der Waals surface area contributed by atoms with Crippen molar-refractivity contribution < 1.29 is 0 Å². The van der Waals surface area contributed by atoms with Crippen LogP contribution in [0.25, 0.3) is 0 Å². The first-order valence-corrected chi connectivity index (χ1v) is 15.3. The zero-order chi connectivity index (χ0) is 29.8. The maximum atomic E-state index is 2.41. The summed E-state index contributed by atoms with van der Waals surface area (Å²) in [5, 5.41) is 0. The minimum absolute atomic E-state index is 0.291. The van der Waals surface area contributed by atoms with E-state index in [1.807, 2.05) is 0 Å². The summed E-state index contributed by atoms with van der Waals surface area (Å²) in [4.78, 5) is 0. The van der Waals surface area contributed by atoms with E-state index in [4.69, 9.17) is 0 Å². The van der Waals surface area contributed by atoms with Gasteiger partial charge in [0.2, 0.25) is 0 Å². The molecule has 0 aliphatic heterocycles. The Balaban J connectivity index is 1.88. The first-order chi connectivity index (χ1) is 18.8. The molecule has 0 spiro atoms. The highest BCUT2D eigenvalue weighted by molar-refractivity contribution is 5.37. The smallest absolute Gasteiger partial charge is 0.00285 e. The molecule has 0 aromatic carbocycles. The highest BCUT2D eigenvalue weighted by atomic mass is 14.3. The highest BCUT2D eigenvalue weighted by Gasteiger charge is 2.30. The molecule has 0 N–H and O–H groups in total. The van der Waals surface area contributed by atoms with Crippen LogP contribution in [-0.4, -0.2) is 0 Å². The molecule has 0 aromatic heterocycles. The summed E-state index contributed by atoms with van der Waals surface area (Å²) in [6.45, 7) is 22.7. The van der Waals surface area contributed by atoms with Gasteiger partial charge in [-0.05, 0) is 90.0 Å². The van der Waals surface area contributed by atoms with Gasteiger partial charge in [-0.25, -0.2) is 0 Å². The van der Waals surface area contributed by atoms with Crippen LogP contribution >= 0.6 is 0 Å². The average molecular weight is 537 g/mol. The van der Waals surface area contributed by atoms with Gasteiger partial charge in [-0.15, -0.1) is 0 Å². The number of hydrogen-bond donors (Lipinski definition) is 0. The van der Waals surface area contributed by atoms with Gasteiger partial charge in [0.1, 0.15) is 0 Å². The van der Waals surface area contributed by atoms with Gasteiger partial charge < -0.3 is 0 Å². The Morgan fingerprint density at radius 1 is 0.700 bits per heavy atom. The Morgan fingerprint density at radius 3 is 1.77 bits per heavy atom. The van der Waals surface area contributed by atoms with Crippen LogP contribution in [0.1, 0.15) is 101 Å². The van der Waals surface area contributed by atoms with Crippen LogP contribution in [0.4, 0.5) is 0 Å². The molecule has 0 radical (unpaired) electrons. The minimum atomic E-state index is 0.291. The molecule has 2 aliphatic rings. The van der Waals surface area contributed by atoms with Crippen LogP contribution in [0.3, 0.4) is 0 Å². The van der Waals surface area contributed by atoms with E-state index in [0.717, 1.165) is 0 Å². The Morgan fingerprint density at radius 2 is 1.23 bits per heavy atom. The van der Waals surface area contributed by atoms with E-state index in [0.29, 0.717) is 16.7 Å². The average Bonchev–Trinajstić information content (AvgIpc) is 2.85. The van der Waals surface area contributed by atoms with E-state index in [-0.39, 0.29) is 0 Å². The number of allylic oxidation sites excluding steroid dienone is 22. The summed E-state index contributed by atoms with van der Waals surface area (Å²) in [5.74, 6) is 0.532. The van der Waals surface area contributed by atoms with Crippen LogP contribution in [0, 0.1) is 16.7 Å². The molecule has 2 rings (SSSR count). The van der Waals surface area contributed by atoms with Crippen molar-refractivity contribution in [2.75, 3.05) is 0 Å². The zero-order valence-corrected chi connectivity index (χ0v) is 27.3. The standard InChI is InChI=1S/C40H56/c1-31(19-13-21-33(3)25-27-37-35(5)23-15-29-39(37,7)8)17-11-12-18-32(2)20-14-22-34(4)26-28-38-36(6)24-16-30-40(38,9)10/h11-14,17-23,25-28,37H,15-16,24,29-30H2,1-10H3/b12-11+,19-13+,20-14+,27-25+,28-26+,31-17+,32-18+,33-21-,34-22-. The number of rotatable bonds is 10. The van der Waals surface area contributed by atoms with Gasteiger partial charge in [-0.3, -0.25) is 0 Å². The molecular weight excluding hydrogens is 480 g/mol. The fraction of sp³-hybridized carbons (Fsp3) is 0.450. The maximum Gasteiger partial charge on any atom is 0.00285 e. The lowest BCUT2D eigenvalue weighted by molar-refractivity contribution is 0.255. The molecule has 0 bridgehead atoms. The van der Waals surface area contributed by atoms with Crippen LogP contribution < -0.4 is 0 Å². The molecule has 0 nitrogen and oxygen atoms in total. The molecule has 0 heterocycles. The Bertz CT molecular complexity index is 1200. The molecule has 1 atom stereocenters. The van der Waals surface area contributed by atoms with E-state index < -0.39 is 0 Å². The summed E-state index contributed by atoms with van der Waals surface area (Å²) in [6, 6.07) is 0. The van der Waals surface area contributed by atoms with Gasteiger partial charge in [0.05, 0.1) is 0 Å². The van der Waals surface area contributed by atoms with Crippen LogP contribution in [-0.2, 0) is 0 Å². The molecule has 0 saturated heterocycles. The van der Waals surface area contributed by atoms with Crippen LogP contribution in [0.2, 0.25) is 0 Å². The van der Waals surface area contributed by atoms with E-state index in [9.17, 15) is 0 Å². The maximum absolute atomic E-state index is 2.41. The summed E-state index contributed by atoms with van der Waals surface area (Å²) >= 11 is 0. The summed E-state index contributed by atoms with van der Waals surface area (Å²) in [7, 11) is 0. The summed E-state index contributed by atoms with van der Waals surface area (Å²) < 4.78 is 0. The SMILES string of the molecule is CC1=CCCC(C)(C)C1/C=C/C(C)=C\C=C\C(C)=C\C=C\C=C(C)\C=C\C=C(C)/C=C/C1=C(C)CCCC1(C)C. The molecule has 1 unspecified atom stereocenters. The van der Waals surface area contributed by atoms with E-state index in [1.165, 1.54) is 65.5 Å². The summed E-state index contributed by atoms with van der Waals surface area (Å²) in [6.07, 6.45) is 39.5. The second kappa shape index (κ2) is 15.8. The monoisotopic (exact) mass is 536 g/mol. The van der Waals surface area contributed by atoms with Crippen molar-refractivity contribution in [1.82, 2.24) is 0 Å². The second-order valence-corrected chi connectivity index (χ2v) is 13.3. The van der Waals surface area contributed by atoms with Crippen molar-refractivity contribution in [2.45, 2.75) is 101 Å². The van der Waals surface area contributed by atoms with Gasteiger partial charge in [0.15, 0.2) is 0 Å². The third kappa shape index (κ3) is 11.3. The Hall–Kier alpha value is -2.86. The van der Waals surface area contributed by atoms with Gasteiger partial charge in [0, 0.05) is 5.92 Å². The topological polar surface area (TPSA) is 0 Å². The molecular formula is C40H56. The molecule has 0 amide bonds. The molecule has 0 heteroatoms. The lowest BCUT2D eigenvalue weighted by Crippen LogP contribution is -2.26. The van der Waals surface area contributed by atoms with Crippen molar-refractivity contribution in [2.24, 2.45) is 16.7 Å².